The van der Waals surface area contributed by atoms with E-state index in [4.69, 9.17) is 0 Å². The lowest BCUT2D eigenvalue weighted by Crippen LogP contribution is -2.47. The SMILES string of the molecule is O=C(C1CC1)N(CC(=O)N1CCc2sccc2C1c1ccc(F)cc1)C1CC1. The lowest BCUT2D eigenvalue weighted by molar-refractivity contribution is -0.143. The number of carbonyl (C=O) groups is 2. The second-order valence-electron chi connectivity index (χ2n) is 8.06. The van der Waals surface area contributed by atoms with Gasteiger partial charge < -0.3 is 9.80 Å². The third-order valence-electron chi connectivity index (χ3n) is 5.97. The maximum absolute atomic E-state index is 13.5. The second-order valence-corrected chi connectivity index (χ2v) is 9.06. The fraction of sp³-hybridized carbons (Fsp3) is 0.455. The molecule has 1 aliphatic heterocycles. The van der Waals surface area contributed by atoms with E-state index in [1.165, 1.54) is 17.0 Å². The van der Waals surface area contributed by atoms with Crippen LogP contribution in [0, 0.1) is 11.7 Å². The van der Waals surface area contributed by atoms with Gasteiger partial charge in [-0.05, 0) is 66.8 Å². The number of hydrogen-bond acceptors (Lipinski definition) is 3. The van der Waals surface area contributed by atoms with Crippen molar-refractivity contribution in [3.8, 4) is 0 Å². The second kappa shape index (κ2) is 6.99. The van der Waals surface area contributed by atoms with E-state index < -0.39 is 0 Å². The van der Waals surface area contributed by atoms with E-state index in [-0.39, 0.29) is 42.2 Å². The number of nitrogens with zero attached hydrogens (tertiary/aromatic N) is 2. The molecule has 1 unspecified atom stereocenters. The van der Waals surface area contributed by atoms with Crippen LogP contribution in [0.3, 0.4) is 0 Å². The van der Waals surface area contributed by atoms with Gasteiger partial charge in [0.25, 0.3) is 0 Å². The molecule has 0 bridgehead atoms. The van der Waals surface area contributed by atoms with Gasteiger partial charge in [-0.15, -0.1) is 11.3 Å². The Labute approximate surface area is 167 Å². The van der Waals surface area contributed by atoms with E-state index in [9.17, 15) is 14.0 Å². The Kier molecular flexibility index (Phi) is 4.46. The number of carbonyl (C=O) groups excluding carboxylic acids is 2. The first kappa shape index (κ1) is 17.9. The first-order chi connectivity index (χ1) is 13.6. The molecule has 6 heteroatoms. The smallest absolute Gasteiger partial charge is 0.243 e. The predicted molar refractivity (Wildman–Crippen MR) is 105 cm³/mol. The van der Waals surface area contributed by atoms with E-state index in [2.05, 4.69) is 11.4 Å². The van der Waals surface area contributed by atoms with Crippen LogP contribution in [-0.2, 0) is 16.0 Å². The zero-order chi connectivity index (χ0) is 19.3. The molecule has 1 aromatic heterocycles. The largest absolute Gasteiger partial charge is 0.330 e. The molecule has 2 saturated carbocycles. The summed E-state index contributed by atoms with van der Waals surface area (Å²) < 4.78 is 13.5. The van der Waals surface area contributed by atoms with E-state index in [0.717, 1.165) is 43.2 Å². The summed E-state index contributed by atoms with van der Waals surface area (Å²) >= 11 is 1.71. The number of hydrogen-bond donors (Lipinski definition) is 0. The topological polar surface area (TPSA) is 40.6 Å². The van der Waals surface area contributed by atoms with Crippen LogP contribution in [0.4, 0.5) is 4.39 Å². The standard InChI is InChI=1S/C22H23FN2O2S/c23-16-5-3-14(4-6-16)21-18-10-12-28-19(18)9-11-24(21)20(26)13-25(17-7-8-17)22(27)15-1-2-15/h3-6,10,12,15,17,21H,1-2,7-9,11,13H2. The Morgan fingerprint density at radius 2 is 1.86 bits per heavy atom. The number of halogens is 1. The zero-order valence-corrected chi connectivity index (χ0v) is 16.5. The van der Waals surface area contributed by atoms with Crippen LogP contribution in [0.2, 0.25) is 0 Å². The van der Waals surface area contributed by atoms with Crippen molar-refractivity contribution in [2.24, 2.45) is 5.92 Å². The summed E-state index contributed by atoms with van der Waals surface area (Å²) in [4.78, 5) is 31.0. The molecule has 0 N–H and O–H groups in total. The summed E-state index contributed by atoms with van der Waals surface area (Å²) in [5.74, 6) is -0.00136. The van der Waals surface area contributed by atoms with Gasteiger partial charge in [-0.3, -0.25) is 9.59 Å². The average Bonchev–Trinajstić information content (AvgIpc) is 3.62. The van der Waals surface area contributed by atoms with Gasteiger partial charge in [0.05, 0.1) is 6.04 Å². The van der Waals surface area contributed by atoms with Crippen LogP contribution in [0.15, 0.2) is 35.7 Å². The van der Waals surface area contributed by atoms with Crippen LogP contribution >= 0.6 is 11.3 Å². The minimum Gasteiger partial charge on any atom is -0.330 e. The molecule has 3 aliphatic rings. The molecule has 1 atom stereocenters. The quantitative estimate of drug-likeness (QED) is 0.769. The van der Waals surface area contributed by atoms with Gasteiger partial charge in [-0.2, -0.15) is 0 Å². The highest BCUT2D eigenvalue weighted by atomic mass is 32.1. The highest BCUT2D eigenvalue weighted by Gasteiger charge is 2.42. The van der Waals surface area contributed by atoms with Gasteiger partial charge in [-0.1, -0.05) is 12.1 Å². The van der Waals surface area contributed by atoms with Crippen molar-refractivity contribution in [2.75, 3.05) is 13.1 Å². The van der Waals surface area contributed by atoms with E-state index in [0.29, 0.717) is 6.54 Å². The summed E-state index contributed by atoms with van der Waals surface area (Å²) in [6.45, 7) is 0.793. The molecular formula is C22H23FN2O2S. The third kappa shape index (κ3) is 3.34. The van der Waals surface area contributed by atoms with Gasteiger partial charge in [0.1, 0.15) is 12.4 Å². The molecule has 2 amide bonds. The summed E-state index contributed by atoms with van der Waals surface area (Å²) in [7, 11) is 0. The first-order valence-corrected chi connectivity index (χ1v) is 10.9. The maximum atomic E-state index is 13.5. The number of fused-ring (bicyclic) bond motifs is 1. The lowest BCUT2D eigenvalue weighted by Gasteiger charge is -2.37. The Morgan fingerprint density at radius 1 is 1.11 bits per heavy atom. The monoisotopic (exact) mass is 398 g/mol. The van der Waals surface area contributed by atoms with Gasteiger partial charge in [-0.25, -0.2) is 4.39 Å². The Balaban J connectivity index is 1.42. The summed E-state index contributed by atoms with van der Waals surface area (Å²) in [5.41, 5.74) is 2.04. The molecule has 2 fully saturated rings. The highest BCUT2D eigenvalue weighted by molar-refractivity contribution is 7.10. The van der Waals surface area contributed by atoms with Crippen LogP contribution < -0.4 is 0 Å². The number of benzene rings is 1. The highest BCUT2D eigenvalue weighted by Crippen LogP contribution is 2.39. The van der Waals surface area contributed by atoms with E-state index in [1.54, 1.807) is 23.5 Å². The van der Waals surface area contributed by atoms with E-state index in [1.807, 2.05) is 9.80 Å². The Hall–Kier alpha value is -2.21. The van der Waals surface area contributed by atoms with Crippen molar-refractivity contribution in [2.45, 2.75) is 44.2 Å². The minimum absolute atomic E-state index is 0.00734. The molecule has 2 aromatic rings. The Morgan fingerprint density at radius 3 is 2.54 bits per heavy atom. The fourth-order valence-corrected chi connectivity index (χ4v) is 5.07. The molecule has 146 valence electrons. The predicted octanol–water partition coefficient (Wildman–Crippen LogP) is 3.76. The summed E-state index contributed by atoms with van der Waals surface area (Å²) in [6, 6.07) is 8.53. The summed E-state index contributed by atoms with van der Waals surface area (Å²) in [6.07, 6.45) is 4.74. The molecule has 2 aliphatic carbocycles. The Bertz CT molecular complexity index is 902. The summed E-state index contributed by atoms with van der Waals surface area (Å²) in [5, 5.41) is 2.06. The molecule has 0 saturated heterocycles. The maximum Gasteiger partial charge on any atom is 0.243 e. The molecule has 0 spiro atoms. The molecule has 28 heavy (non-hydrogen) atoms. The molecular weight excluding hydrogens is 375 g/mol. The zero-order valence-electron chi connectivity index (χ0n) is 15.6. The molecule has 5 rings (SSSR count). The van der Waals surface area contributed by atoms with Gasteiger partial charge in [0.2, 0.25) is 11.8 Å². The van der Waals surface area contributed by atoms with Gasteiger partial charge >= 0.3 is 0 Å². The van der Waals surface area contributed by atoms with Crippen molar-refractivity contribution in [1.29, 1.82) is 0 Å². The molecule has 4 nitrogen and oxygen atoms in total. The third-order valence-corrected chi connectivity index (χ3v) is 6.97. The molecule has 1 aromatic carbocycles. The fourth-order valence-electron chi connectivity index (χ4n) is 4.16. The lowest BCUT2D eigenvalue weighted by atomic mass is 9.93. The number of amides is 2. The van der Waals surface area contributed by atoms with Crippen LogP contribution in [-0.4, -0.2) is 40.7 Å². The minimum atomic E-state index is -0.280. The molecule has 0 radical (unpaired) electrons. The van der Waals surface area contributed by atoms with Crippen molar-refractivity contribution < 1.29 is 14.0 Å². The number of rotatable bonds is 5. The van der Waals surface area contributed by atoms with Crippen molar-refractivity contribution >= 4 is 23.2 Å². The van der Waals surface area contributed by atoms with Crippen LogP contribution in [0.25, 0.3) is 0 Å². The van der Waals surface area contributed by atoms with Crippen molar-refractivity contribution in [1.82, 2.24) is 9.80 Å². The normalized spacial score (nSPS) is 21.3. The molecule has 2 heterocycles. The van der Waals surface area contributed by atoms with Crippen molar-refractivity contribution in [3.63, 3.8) is 0 Å². The number of thiophene rings is 1. The van der Waals surface area contributed by atoms with Crippen molar-refractivity contribution in [3.05, 3.63) is 57.5 Å². The van der Waals surface area contributed by atoms with Gasteiger partial charge in [0, 0.05) is 23.4 Å². The van der Waals surface area contributed by atoms with Crippen LogP contribution in [0.1, 0.15) is 47.7 Å². The van der Waals surface area contributed by atoms with E-state index >= 15 is 0 Å². The average molecular weight is 399 g/mol. The van der Waals surface area contributed by atoms with Crippen LogP contribution in [0.5, 0.6) is 0 Å². The first-order valence-electron chi connectivity index (χ1n) is 10.0. The van der Waals surface area contributed by atoms with Gasteiger partial charge in [0.15, 0.2) is 0 Å².